The fourth-order valence-electron chi connectivity index (χ4n) is 1.85. The third kappa shape index (κ3) is 4.38. The minimum absolute atomic E-state index is 0.0304. The van der Waals surface area contributed by atoms with Crippen LogP contribution in [0.4, 0.5) is 11.4 Å². The van der Waals surface area contributed by atoms with E-state index in [1.165, 1.54) is 24.4 Å². The first kappa shape index (κ1) is 16.6. The standard InChI is InChI=1S/C16H13N5O3/c17-9-13(11-19-10-12-5-7-18-8-6-12)16(22)20-14-3-1-2-4-15(14)21(23)24/h1-8,11,19H,10H2,(H,20,22)/b13-11-. The Kier molecular flexibility index (Phi) is 5.58. The van der Waals surface area contributed by atoms with Gasteiger partial charge in [-0.15, -0.1) is 0 Å². The molecule has 8 heteroatoms. The predicted molar refractivity (Wildman–Crippen MR) is 86.5 cm³/mol. The Morgan fingerprint density at radius 3 is 2.67 bits per heavy atom. The molecule has 0 saturated heterocycles. The smallest absolute Gasteiger partial charge is 0.292 e. The normalized spacial score (nSPS) is 10.5. The molecule has 2 N–H and O–H groups in total. The molecule has 1 aromatic carbocycles. The molecule has 1 amide bonds. The van der Waals surface area contributed by atoms with Crippen LogP contribution in [0, 0.1) is 21.4 Å². The lowest BCUT2D eigenvalue weighted by atomic mass is 10.2. The number of nitro groups is 1. The molecule has 0 unspecified atom stereocenters. The van der Waals surface area contributed by atoms with Crippen molar-refractivity contribution >= 4 is 17.3 Å². The quantitative estimate of drug-likeness (QED) is 0.363. The van der Waals surface area contributed by atoms with Crippen molar-refractivity contribution < 1.29 is 9.72 Å². The van der Waals surface area contributed by atoms with Gasteiger partial charge in [0.15, 0.2) is 0 Å². The van der Waals surface area contributed by atoms with E-state index in [9.17, 15) is 14.9 Å². The summed E-state index contributed by atoms with van der Waals surface area (Å²) in [5, 5.41) is 25.2. The minimum Gasteiger partial charge on any atom is -0.386 e. The lowest BCUT2D eigenvalue weighted by Crippen LogP contribution is -2.17. The number of nitriles is 1. The fourth-order valence-corrected chi connectivity index (χ4v) is 1.85. The number of amides is 1. The maximum atomic E-state index is 12.1. The van der Waals surface area contributed by atoms with Gasteiger partial charge in [-0.25, -0.2) is 0 Å². The van der Waals surface area contributed by atoms with Crippen molar-refractivity contribution in [1.29, 1.82) is 5.26 Å². The summed E-state index contributed by atoms with van der Waals surface area (Å²) in [6, 6.07) is 11.1. The molecule has 0 aliphatic carbocycles. The Morgan fingerprint density at radius 1 is 1.29 bits per heavy atom. The Bertz CT molecular complexity index is 812. The van der Waals surface area contributed by atoms with Crippen molar-refractivity contribution in [2.24, 2.45) is 0 Å². The second kappa shape index (κ2) is 8.05. The zero-order chi connectivity index (χ0) is 17.4. The summed E-state index contributed by atoms with van der Waals surface area (Å²) in [4.78, 5) is 26.3. The van der Waals surface area contributed by atoms with Gasteiger partial charge in [-0.05, 0) is 23.8 Å². The first-order valence-corrected chi connectivity index (χ1v) is 6.89. The van der Waals surface area contributed by atoms with Gasteiger partial charge in [-0.1, -0.05) is 12.1 Å². The van der Waals surface area contributed by atoms with Gasteiger partial charge < -0.3 is 10.6 Å². The first-order valence-electron chi connectivity index (χ1n) is 6.89. The highest BCUT2D eigenvalue weighted by Crippen LogP contribution is 2.23. The summed E-state index contributed by atoms with van der Waals surface area (Å²) in [6.45, 7) is 0.409. The number of hydrogen-bond donors (Lipinski definition) is 2. The van der Waals surface area contributed by atoms with Crippen molar-refractivity contribution in [3.63, 3.8) is 0 Å². The second-order valence-electron chi connectivity index (χ2n) is 4.63. The van der Waals surface area contributed by atoms with Gasteiger partial charge >= 0.3 is 0 Å². The molecule has 1 aromatic heterocycles. The molecular formula is C16H13N5O3. The SMILES string of the molecule is N#C/C(=C/NCc1ccncc1)C(=O)Nc1ccccc1[N+](=O)[O-]. The van der Waals surface area contributed by atoms with Crippen LogP contribution in [0.1, 0.15) is 5.56 Å². The van der Waals surface area contributed by atoms with E-state index in [4.69, 9.17) is 5.26 Å². The van der Waals surface area contributed by atoms with Gasteiger partial charge in [0.05, 0.1) is 4.92 Å². The highest BCUT2D eigenvalue weighted by Gasteiger charge is 2.16. The van der Waals surface area contributed by atoms with Crippen molar-refractivity contribution in [2.75, 3.05) is 5.32 Å². The van der Waals surface area contributed by atoms with Crippen LogP contribution in [0.15, 0.2) is 60.6 Å². The number of carbonyl (C=O) groups is 1. The number of carbonyl (C=O) groups excluding carboxylic acids is 1. The number of pyridine rings is 1. The van der Waals surface area contributed by atoms with E-state index in [2.05, 4.69) is 15.6 Å². The molecule has 0 radical (unpaired) electrons. The molecule has 0 saturated carbocycles. The van der Waals surface area contributed by atoms with Crippen LogP contribution in [-0.4, -0.2) is 15.8 Å². The molecule has 2 aromatic rings. The number of aromatic nitrogens is 1. The van der Waals surface area contributed by atoms with Crippen molar-refractivity contribution in [1.82, 2.24) is 10.3 Å². The molecule has 0 aliphatic rings. The van der Waals surface area contributed by atoms with Gasteiger partial charge in [0, 0.05) is 31.2 Å². The van der Waals surface area contributed by atoms with Gasteiger partial charge in [-0.3, -0.25) is 19.9 Å². The number of nitrogens with one attached hydrogen (secondary N) is 2. The second-order valence-corrected chi connectivity index (χ2v) is 4.63. The van der Waals surface area contributed by atoms with E-state index in [0.717, 1.165) is 5.56 Å². The molecule has 0 bridgehead atoms. The van der Waals surface area contributed by atoms with E-state index in [-0.39, 0.29) is 16.9 Å². The van der Waals surface area contributed by atoms with Gasteiger partial charge in [0.1, 0.15) is 17.3 Å². The zero-order valence-corrected chi connectivity index (χ0v) is 12.5. The summed E-state index contributed by atoms with van der Waals surface area (Å²) in [5.41, 5.74) is 0.524. The van der Waals surface area contributed by atoms with E-state index < -0.39 is 10.8 Å². The Hall–Kier alpha value is -3.73. The van der Waals surface area contributed by atoms with Crippen LogP contribution < -0.4 is 10.6 Å². The molecule has 0 spiro atoms. The van der Waals surface area contributed by atoms with Gasteiger partial charge in [-0.2, -0.15) is 5.26 Å². The van der Waals surface area contributed by atoms with E-state index in [1.807, 2.05) is 0 Å². The predicted octanol–water partition coefficient (Wildman–Crippen LogP) is 2.13. The molecule has 0 aliphatic heterocycles. The summed E-state index contributed by atoms with van der Waals surface area (Å²) >= 11 is 0. The minimum atomic E-state index is -0.728. The van der Waals surface area contributed by atoms with Crippen LogP contribution in [0.2, 0.25) is 0 Å². The Labute approximate surface area is 137 Å². The molecule has 0 fully saturated rings. The number of nitro benzene ring substituents is 1. The average Bonchev–Trinajstić information content (AvgIpc) is 2.60. The maximum absolute atomic E-state index is 12.1. The van der Waals surface area contributed by atoms with E-state index >= 15 is 0 Å². The molecular weight excluding hydrogens is 310 g/mol. The Balaban J connectivity index is 2.05. The molecule has 0 atom stereocenters. The lowest BCUT2D eigenvalue weighted by molar-refractivity contribution is -0.383. The van der Waals surface area contributed by atoms with Crippen molar-refractivity contribution in [3.8, 4) is 6.07 Å². The number of anilines is 1. The van der Waals surface area contributed by atoms with Crippen LogP contribution in [-0.2, 0) is 11.3 Å². The number of benzene rings is 1. The largest absolute Gasteiger partial charge is 0.386 e. The highest BCUT2D eigenvalue weighted by atomic mass is 16.6. The molecule has 120 valence electrons. The zero-order valence-electron chi connectivity index (χ0n) is 12.5. The topological polar surface area (TPSA) is 121 Å². The Morgan fingerprint density at radius 2 is 2.00 bits per heavy atom. The number of hydrogen-bond acceptors (Lipinski definition) is 6. The van der Waals surface area contributed by atoms with Crippen LogP contribution in [0.5, 0.6) is 0 Å². The highest BCUT2D eigenvalue weighted by molar-refractivity contribution is 6.07. The summed E-state index contributed by atoms with van der Waals surface area (Å²) in [5.74, 6) is -0.728. The number of rotatable bonds is 6. The average molecular weight is 323 g/mol. The lowest BCUT2D eigenvalue weighted by Gasteiger charge is -2.06. The van der Waals surface area contributed by atoms with Crippen molar-refractivity contribution in [2.45, 2.75) is 6.54 Å². The monoisotopic (exact) mass is 323 g/mol. The first-order chi connectivity index (χ1) is 11.6. The fraction of sp³-hybridized carbons (Fsp3) is 0.0625. The number of nitrogens with zero attached hydrogens (tertiary/aromatic N) is 3. The molecule has 24 heavy (non-hydrogen) atoms. The van der Waals surface area contributed by atoms with Gasteiger partial charge in [0.25, 0.3) is 11.6 Å². The molecule has 2 rings (SSSR count). The number of para-hydroxylation sites is 2. The van der Waals surface area contributed by atoms with E-state index in [1.54, 1.807) is 36.7 Å². The van der Waals surface area contributed by atoms with Crippen LogP contribution >= 0.6 is 0 Å². The molecule has 8 nitrogen and oxygen atoms in total. The third-order valence-electron chi connectivity index (χ3n) is 3.02. The third-order valence-corrected chi connectivity index (χ3v) is 3.02. The van der Waals surface area contributed by atoms with E-state index in [0.29, 0.717) is 6.54 Å². The molecule has 1 heterocycles. The summed E-state index contributed by atoms with van der Waals surface area (Å²) in [7, 11) is 0. The van der Waals surface area contributed by atoms with Crippen LogP contribution in [0.25, 0.3) is 0 Å². The van der Waals surface area contributed by atoms with Gasteiger partial charge in [0.2, 0.25) is 0 Å². The summed E-state index contributed by atoms with van der Waals surface area (Å²) < 4.78 is 0. The van der Waals surface area contributed by atoms with Crippen LogP contribution in [0.3, 0.4) is 0 Å². The summed E-state index contributed by atoms with van der Waals surface area (Å²) in [6.07, 6.45) is 4.53. The van der Waals surface area contributed by atoms with Crippen molar-refractivity contribution in [3.05, 3.63) is 76.2 Å². The maximum Gasteiger partial charge on any atom is 0.292 e.